The van der Waals surface area contributed by atoms with Gasteiger partial charge in [-0.3, -0.25) is 0 Å². The maximum atomic E-state index is 12.1. The number of fused-ring (bicyclic) bond motifs is 1. The SMILES string of the molecule is CC1(C)OC(=O)c2c(ccc(Cc3ccccc3)c2O)O1. The van der Waals surface area contributed by atoms with E-state index in [9.17, 15) is 9.90 Å². The van der Waals surface area contributed by atoms with Crippen molar-refractivity contribution in [3.63, 3.8) is 0 Å². The Morgan fingerprint density at radius 2 is 1.76 bits per heavy atom. The van der Waals surface area contributed by atoms with Gasteiger partial charge in [0.05, 0.1) is 0 Å². The van der Waals surface area contributed by atoms with Crippen LogP contribution in [0.4, 0.5) is 0 Å². The molecular formula is C17H16O4. The van der Waals surface area contributed by atoms with Crippen LogP contribution in [0.3, 0.4) is 0 Å². The fourth-order valence-electron chi connectivity index (χ4n) is 2.42. The molecule has 1 heterocycles. The van der Waals surface area contributed by atoms with Crippen LogP contribution in [0.25, 0.3) is 0 Å². The fraction of sp³-hybridized carbons (Fsp3) is 0.235. The molecule has 0 saturated heterocycles. The van der Waals surface area contributed by atoms with E-state index in [4.69, 9.17) is 9.47 Å². The van der Waals surface area contributed by atoms with Gasteiger partial charge >= 0.3 is 5.97 Å². The first kappa shape index (κ1) is 13.5. The lowest BCUT2D eigenvalue weighted by Gasteiger charge is -2.32. The van der Waals surface area contributed by atoms with Crippen LogP contribution in [0.15, 0.2) is 42.5 Å². The molecule has 0 bridgehead atoms. The molecule has 0 aliphatic carbocycles. The first-order chi connectivity index (χ1) is 9.96. The molecule has 0 atom stereocenters. The highest BCUT2D eigenvalue weighted by Gasteiger charge is 2.36. The first-order valence-corrected chi connectivity index (χ1v) is 6.77. The molecule has 21 heavy (non-hydrogen) atoms. The number of aromatic hydroxyl groups is 1. The van der Waals surface area contributed by atoms with Gasteiger partial charge in [0.15, 0.2) is 0 Å². The summed E-state index contributed by atoms with van der Waals surface area (Å²) in [6.07, 6.45) is 0.538. The predicted octanol–water partition coefficient (Wildman–Crippen LogP) is 3.27. The van der Waals surface area contributed by atoms with Crippen molar-refractivity contribution >= 4 is 5.97 Å². The molecule has 0 radical (unpaired) electrons. The Morgan fingerprint density at radius 3 is 2.48 bits per heavy atom. The molecule has 108 valence electrons. The Balaban J connectivity index is 2.00. The molecule has 0 unspecified atom stereocenters. The van der Waals surface area contributed by atoms with Gasteiger partial charge in [-0.25, -0.2) is 4.79 Å². The molecular weight excluding hydrogens is 268 g/mol. The number of benzene rings is 2. The number of hydrogen-bond donors (Lipinski definition) is 1. The third kappa shape index (κ3) is 2.57. The molecule has 0 aromatic heterocycles. The predicted molar refractivity (Wildman–Crippen MR) is 77.5 cm³/mol. The van der Waals surface area contributed by atoms with Gasteiger partial charge in [0.2, 0.25) is 5.79 Å². The Kier molecular flexibility index (Phi) is 3.09. The molecule has 3 rings (SSSR count). The summed E-state index contributed by atoms with van der Waals surface area (Å²) in [5, 5.41) is 10.4. The van der Waals surface area contributed by atoms with Crippen molar-refractivity contribution < 1.29 is 19.4 Å². The van der Waals surface area contributed by atoms with Crippen molar-refractivity contribution in [3.8, 4) is 11.5 Å². The van der Waals surface area contributed by atoms with E-state index in [1.807, 2.05) is 30.3 Å². The van der Waals surface area contributed by atoms with Crippen molar-refractivity contribution in [2.24, 2.45) is 0 Å². The second-order valence-corrected chi connectivity index (χ2v) is 5.50. The van der Waals surface area contributed by atoms with E-state index in [2.05, 4.69) is 0 Å². The van der Waals surface area contributed by atoms with Crippen LogP contribution >= 0.6 is 0 Å². The summed E-state index contributed by atoms with van der Waals surface area (Å²) in [5.74, 6) is -1.30. The lowest BCUT2D eigenvalue weighted by atomic mass is 10.00. The number of rotatable bonds is 2. The Hall–Kier alpha value is -2.49. The van der Waals surface area contributed by atoms with Crippen molar-refractivity contribution in [1.29, 1.82) is 0 Å². The van der Waals surface area contributed by atoms with Crippen molar-refractivity contribution in [1.82, 2.24) is 0 Å². The number of esters is 1. The van der Waals surface area contributed by atoms with E-state index < -0.39 is 11.8 Å². The van der Waals surface area contributed by atoms with E-state index in [0.29, 0.717) is 17.7 Å². The highest BCUT2D eigenvalue weighted by Crippen LogP contribution is 2.39. The van der Waals surface area contributed by atoms with Crippen LogP contribution in [-0.2, 0) is 11.2 Å². The number of phenols is 1. The smallest absolute Gasteiger partial charge is 0.349 e. The number of ether oxygens (including phenoxy) is 2. The van der Waals surface area contributed by atoms with Gasteiger partial charge in [-0.1, -0.05) is 36.4 Å². The second-order valence-electron chi connectivity index (χ2n) is 5.50. The van der Waals surface area contributed by atoms with Gasteiger partial charge in [0.25, 0.3) is 0 Å². The number of cyclic esters (lactones) is 1. The maximum Gasteiger partial charge on any atom is 0.349 e. The molecule has 2 aromatic rings. The van der Waals surface area contributed by atoms with Gasteiger partial charge in [0, 0.05) is 20.3 Å². The standard InChI is InChI=1S/C17H16O4/c1-17(2)20-13-9-8-12(10-11-6-4-3-5-7-11)15(18)14(13)16(19)21-17/h3-9,18H,10H2,1-2H3. The van der Waals surface area contributed by atoms with E-state index in [-0.39, 0.29) is 11.3 Å². The van der Waals surface area contributed by atoms with Crippen LogP contribution in [0, 0.1) is 0 Å². The summed E-state index contributed by atoms with van der Waals surface area (Å²) in [7, 11) is 0. The van der Waals surface area contributed by atoms with Gasteiger partial charge in [-0.15, -0.1) is 0 Å². The van der Waals surface area contributed by atoms with E-state index in [1.165, 1.54) is 0 Å². The maximum absolute atomic E-state index is 12.1. The average molecular weight is 284 g/mol. The summed E-state index contributed by atoms with van der Waals surface area (Å²) < 4.78 is 10.7. The zero-order valence-corrected chi connectivity index (χ0v) is 11.9. The van der Waals surface area contributed by atoms with E-state index in [1.54, 1.807) is 26.0 Å². The molecule has 0 fully saturated rings. The van der Waals surface area contributed by atoms with Gasteiger partial charge in [-0.2, -0.15) is 0 Å². The molecule has 0 saturated carbocycles. The van der Waals surface area contributed by atoms with Crippen LogP contribution in [0.1, 0.15) is 35.3 Å². The van der Waals surface area contributed by atoms with Crippen LogP contribution in [0.5, 0.6) is 11.5 Å². The number of phenolic OH excluding ortho intramolecular Hbond substituents is 1. The summed E-state index contributed by atoms with van der Waals surface area (Å²) in [6.45, 7) is 3.31. The summed E-state index contributed by atoms with van der Waals surface area (Å²) in [4.78, 5) is 12.1. The fourth-order valence-corrected chi connectivity index (χ4v) is 2.42. The molecule has 1 aliphatic heterocycles. The zero-order valence-electron chi connectivity index (χ0n) is 11.9. The Bertz CT molecular complexity index is 689. The quantitative estimate of drug-likeness (QED) is 0.860. The molecule has 1 N–H and O–H groups in total. The van der Waals surface area contributed by atoms with E-state index in [0.717, 1.165) is 5.56 Å². The van der Waals surface area contributed by atoms with Crippen molar-refractivity contribution in [2.45, 2.75) is 26.1 Å². The van der Waals surface area contributed by atoms with E-state index >= 15 is 0 Å². The van der Waals surface area contributed by atoms with Crippen LogP contribution < -0.4 is 4.74 Å². The number of carbonyl (C=O) groups excluding carboxylic acids is 1. The van der Waals surface area contributed by atoms with Crippen LogP contribution in [0.2, 0.25) is 0 Å². The Morgan fingerprint density at radius 1 is 1.05 bits per heavy atom. The molecule has 0 spiro atoms. The minimum Gasteiger partial charge on any atom is -0.507 e. The van der Waals surface area contributed by atoms with Crippen LogP contribution in [-0.4, -0.2) is 16.9 Å². The summed E-state index contributed by atoms with van der Waals surface area (Å²) in [5.41, 5.74) is 1.82. The van der Waals surface area contributed by atoms with Gasteiger partial charge in [-0.05, 0) is 17.2 Å². The normalized spacial score (nSPS) is 15.8. The topological polar surface area (TPSA) is 55.8 Å². The third-order valence-corrected chi connectivity index (χ3v) is 3.36. The lowest BCUT2D eigenvalue weighted by Crippen LogP contribution is -2.38. The first-order valence-electron chi connectivity index (χ1n) is 6.77. The van der Waals surface area contributed by atoms with Crippen molar-refractivity contribution in [3.05, 3.63) is 59.2 Å². The zero-order chi connectivity index (χ0) is 15.0. The monoisotopic (exact) mass is 284 g/mol. The second kappa shape index (κ2) is 4.81. The summed E-state index contributed by atoms with van der Waals surface area (Å²) in [6, 6.07) is 13.2. The number of carbonyl (C=O) groups is 1. The molecule has 4 heteroatoms. The Labute approximate surface area is 122 Å². The molecule has 1 aliphatic rings. The van der Waals surface area contributed by atoms with Crippen molar-refractivity contribution in [2.75, 3.05) is 0 Å². The molecule has 0 amide bonds. The lowest BCUT2D eigenvalue weighted by molar-refractivity contribution is -0.127. The minimum atomic E-state index is -1.02. The number of hydrogen-bond acceptors (Lipinski definition) is 4. The molecule has 2 aromatic carbocycles. The average Bonchev–Trinajstić information content (AvgIpc) is 2.41. The highest BCUT2D eigenvalue weighted by atomic mass is 16.7. The third-order valence-electron chi connectivity index (χ3n) is 3.36. The largest absolute Gasteiger partial charge is 0.507 e. The minimum absolute atomic E-state index is 0.0724. The van der Waals surface area contributed by atoms with Gasteiger partial charge in [0.1, 0.15) is 17.1 Å². The molecule has 4 nitrogen and oxygen atoms in total. The van der Waals surface area contributed by atoms with Gasteiger partial charge < -0.3 is 14.6 Å². The highest BCUT2D eigenvalue weighted by molar-refractivity contribution is 5.97. The summed E-state index contributed by atoms with van der Waals surface area (Å²) >= 11 is 0.